The Morgan fingerprint density at radius 1 is 0.492 bits per heavy atom. The van der Waals surface area contributed by atoms with Gasteiger partial charge in [-0.05, 0) is 145 Å². The molecule has 0 aromatic carbocycles. The van der Waals surface area contributed by atoms with Gasteiger partial charge in [0.25, 0.3) is 0 Å². The van der Waals surface area contributed by atoms with Gasteiger partial charge >= 0.3 is 11.9 Å². The number of esters is 2. The Morgan fingerprint density at radius 3 is 1.31 bits per heavy atom. The number of carbonyl (C=O) groups excluding carboxylic acids is 4. The van der Waals surface area contributed by atoms with Crippen molar-refractivity contribution >= 4 is 23.5 Å². The van der Waals surface area contributed by atoms with Crippen LogP contribution in [0, 0.1) is 0 Å². The van der Waals surface area contributed by atoms with Crippen LogP contribution in [0.5, 0.6) is 0 Å². The van der Waals surface area contributed by atoms with Gasteiger partial charge in [0.05, 0.1) is 26.1 Å². The van der Waals surface area contributed by atoms with E-state index < -0.39 is 11.2 Å². The summed E-state index contributed by atoms with van der Waals surface area (Å²) in [5, 5.41) is 16.0. The summed E-state index contributed by atoms with van der Waals surface area (Å²) in [5.74, 6) is -0.317. The molecule has 0 aromatic heterocycles. The van der Waals surface area contributed by atoms with Crippen LogP contribution in [-0.2, 0) is 38.1 Å². The first-order valence-corrected chi connectivity index (χ1v) is 25.4. The minimum Gasteiger partial charge on any atom is -0.466 e. The van der Waals surface area contributed by atoms with E-state index in [0.29, 0.717) is 78.3 Å². The maximum Gasteiger partial charge on any atom is 0.307 e. The quantitative estimate of drug-likeness (QED) is 0.0601. The Labute approximate surface area is 394 Å². The molecular formula is C49H95N7O9. The van der Waals surface area contributed by atoms with E-state index in [0.717, 1.165) is 156 Å². The molecule has 0 aromatic rings. The Bertz CT molecular complexity index is 1170. The average Bonchev–Trinajstić information content (AvgIpc) is 3.28. The van der Waals surface area contributed by atoms with Gasteiger partial charge in [-0.3, -0.25) is 19.2 Å². The van der Waals surface area contributed by atoms with Crippen LogP contribution in [-0.4, -0.2) is 223 Å². The van der Waals surface area contributed by atoms with E-state index in [2.05, 4.69) is 49.2 Å². The monoisotopic (exact) mass is 926 g/mol. The topological polar surface area (TPSA) is 166 Å². The first-order chi connectivity index (χ1) is 31.2. The Balaban J connectivity index is 1.53. The van der Waals surface area contributed by atoms with Gasteiger partial charge in [-0.1, -0.05) is 0 Å². The standard InChI is InChI=1S/C49H95N7O9/c1-48(2,64-42-14-8-12-40-62-46(60)18-24-50-22-16-27-55-35-31-52(5)32-36-55)44(58)20-29-54(26-10-7-11-39-57)30-21-45(59)49(3,4)65-43-15-9-13-41-63-47(61)19-25-51-23-17-28-56-37-33-53(6)34-38-56/h50-51,57H,7-43H2,1-6H3. The van der Waals surface area contributed by atoms with Crippen LogP contribution in [0.15, 0.2) is 0 Å². The summed E-state index contributed by atoms with van der Waals surface area (Å²) in [7, 11) is 4.33. The fraction of sp³-hybridized carbons (Fsp3) is 0.918. The maximum absolute atomic E-state index is 13.3. The molecule has 0 bridgehead atoms. The summed E-state index contributed by atoms with van der Waals surface area (Å²) >= 11 is 0. The zero-order chi connectivity index (χ0) is 47.6. The average molecular weight is 926 g/mol. The van der Waals surface area contributed by atoms with Gasteiger partial charge in [0.1, 0.15) is 11.2 Å². The van der Waals surface area contributed by atoms with E-state index in [1.807, 2.05) is 27.7 Å². The van der Waals surface area contributed by atoms with Crippen LogP contribution < -0.4 is 10.6 Å². The predicted octanol–water partition coefficient (Wildman–Crippen LogP) is 3.62. The zero-order valence-electron chi connectivity index (χ0n) is 42.1. The molecule has 2 heterocycles. The molecular weight excluding hydrogens is 831 g/mol. The van der Waals surface area contributed by atoms with Gasteiger partial charge < -0.3 is 59.2 Å². The molecule has 16 heteroatoms. The van der Waals surface area contributed by atoms with Crippen molar-refractivity contribution in [1.29, 1.82) is 0 Å². The number of nitrogens with one attached hydrogen (secondary N) is 2. The lowest BCUT2D eigenvalue weighted by Gasteiger charge is -2.32. The second-order valence-corrected chi connectivity index (χ2v) is 19.2. The van der Waals surface area contributed by atoms with Crippen molar-refractivity contribution in [3.8, 4) is 0 Å². The fourth-order valence-electron chi connectivity index (χ4n) is 7.80. The van der Waals surface area contributed by atoms with Gasteiger partial charge in [0.15, 0.2) is 11.6 Å². The van der Waals surface area contributed by atoms with Crippen LogP contribution in [0.3, 0.4) is 0 Å². The highest BCUT2D eigenvalue weighted by molar-refractivity contribution is 5.87. The number of ether oxygens (including phenoxy) is 4. The van der Waals surface area contributed by atoms with Crippen LogP contribution >= 0.6 is 0 Å². The minimum atomic E-state index is -0.929. The molecule has 0 spiro atoms. The third-order valence-electron chi connectivity index (χ3n) is 12.7. The normalized spacial score (nSPS) is 16.1. The second kappa shape index (κ2) is 35.9. The van der Waals surface area contributed by atoms with Crippen molar-refractivity contribution in [2.75, 3.05) is 158 Å². The summed E-state index contributed by atoms with van der Waals surface area (Å²) in [4.78, 5) is 62.8. The molecule has 0 saturated carbocycles. The summed E-state index contributed by atoms with van der Waals surface area (Å²) < 4.78 is 22.9. The number of carbonyl (C=O) groups is 4. The molecule has 16 nitrogen and oxygen atoms in total. The number of piperazine rings is 2. The number of hydrogen-bond donors (Lipinski definition) is 3. The molecule has 380 valence electrons. The molecule has 3 N–H and O–H groups in total. The summed E-state index contributed by atoms with van der Waals surface area (Å²) in [6, 6.07) is 0. The Hall–Kier alpha value is -2.12. The molecule has 2 aliphatic rings. The van der Waals surface area contributed by atoms with Gasteiger partial charge in [-0.15, -0.1) is 0 Å². The highest BCUT2D eigenvalue weighted by Crippen LogP contribution is 2.18. The SMILES string of the molecule is CN1CCN(CCCNCCC(=O)OCCCCCOC(C)(C)C(=O)CCN(CCCCCO)CCC(=O)C(C)(C)OCCCCCOC(=O)CCNCCCN2CCN(C)CC2)CC1. The molecule has 65 heavy (non-hydrogen) atoms. The van der Waals surface area contributed by atoms with E-state index in [9.17, 15) is 24.3 Å². The van der Waals surface area contributed by atoms with Crippen LogP contribution in [0.1, 0.15) is 124 Å². The molecule has 2 rings (SSSR count). The molecule has 0 radical (unpaired) electrons. The minimum absolute atomic E-state index is 0.0177. The lowest BCUT2D eigenvalue weighted by molar-refractivity contribution is -0.144. The number of rotatable bonds is 41. The molecule has 0 aliphatic carbocycles. The van der Waals surface area contributed by atoms with Crippen molar-refractivity contribution in [2.24, 2.45) is 0 Å². The molecule has 0 unspecified atom stereocenters. The first-order valence-electron chi connectivity index (χ1n) is 25.4. The van der Waals surface area contributed by atoms with E-state index in [1.54, 1.807) is 0 Å². The number of aliphatic hydroxyl groups is 1. The summed E-state index contributed by atoms with van der Waals surface area (Å²) in [6.45, 7) is 25.2. The van der Waals surface area contributed by atoms with Crippen LogP contribution in [0.25, 0.3) is 0 Å². The van der Waals surface area contributed by atoms with E-state index in [-0.39, 0.29) is 30.1 Å². The van der Waals surface area contributed by atoms with Crippen molar-refractivity contribution in [3.05, 3.63) is 0 Å². The molecule has 2 aliphatic heterocycles. The number of Topliss-reactive ketones (excluding diaryl/α,β-unsaturated/α-hetero) is 2. The lowest BCUT2D eigenvalue weighted by atomic mass is 9.99. The third kappa shape index (κ3) is 30.1. The number of likely N-dealkylation sites (N-methyl/N-ethyl adjacent to an activating group) is 2. The smallest absolute Gasteiger partial charge is 0.307 e. The number of aliphatic hydroxyl groups excluding tert-OH is 1. The van der Waals surface area contributed by atoms with Crippen LogP contribution in [0.2, 0.25) is 0 Å². The van der Waals surface area contributed by atoms with Crippen LogP contribution in [0.4, 0.5) is 0 Å². The van der Waals surface area contributed by atoms with Crippen molar-refractivity contribution < 1.29 is 43.2 Å². The van der Waals surface area contributed by atoms with Gasteiger partial charge in [-0.25, -0.2) is 0 Å². The fourth-order valence-corrected chi connectivity index (χ4v) is 7.80. The van der Waals surface area contributed by atoms with Crippen molar-refractivity contribution in [2.45, 2.75) is 135 Å². The molecule has 2 fully saturated rings. The number of hydrogen-bond acceptors (Lipinski definition) is 16. The van der Waals surface area contributed by atoms with Crippen molar-refractivity contribution in [3.63, 3.8) is 0 Å². The predicted molar refractivity (Wildman–Crippen MR) is 258 cm³/mol. The zero-order valence-corrected chi connectivity index (χ0v) is 42.1. The Morgan fingerprint density at radius 2 is 0.892 bits per heavy atom. The highest BCUT2D eigenvalue weighted by atomic mass is 16.5. The number of unbranched alkanes of at least 4 members (excludes halogenated alkanes) is 6. The van der Waals surface area contributed by atoms with Crippen molar-refractivity contribution in [1.82, 2.24) is 35.1 Å². The lowest BCUT2D eigenvalue weighted by Crippen LogP contribution is -2.45. The largest absolute Gasteiger partial charge is 0.466 e. The number of ketones is 2. The van der Waals surface area contributed by atoms with Gasteiger partial charge in [0.2, 0.25) is 0 Å². The summed E-state index contributed by atoms with van der Waals surface area (Å²) in [6.07, 6.45) is 10.7. The number of nitrogens with zero attached hydrogens (tertiary/aromatic N) is 5. The van der Waals surface area contributed by atoms with Gasteiger partial charge in [-0.2, -0.15) is 0 Å². The maximum atomic E-state index is 13.3. The second-order valence-electron chi connectivity index (χ2n) is 19.2. The first kappa shape index (κ1) is 59.0. The summed E-state index contributed by atoms with van der Waals surface area (Å²) in [5.41, 5.74) is -1.86. The molecule has 0 atom stereocenters. The Kier molecular flexibility index (Phi) is 32.6. The van der Waals surface area contributed by atoms with Gasteiger partial charge in [0, 0.05) is 111 Å². The van der Waals surface area contributed by atoms with E-state index in [1.165, 1.54) is 0 Å². The highest BCUT2D eigenvalue weighted by Gasteiger charge is 2.30. The molecule has 0 amide bonds. The third-order valence-corrected chi connectivity index (χ3v) is 12.7. The van der Waals surface area contributed by atoms with E-state index >= 15 is 0 Å². The van der Waals surface area contributed by atoms with E-state index in [4.69, 9.17) is 18.9 Å². The molecule has 2 saturated heterocycles.